The van der Waals surface area contributed by atoms with Crippen molar-refractivity contribution in [1.82, 2.24) is 0 Å². The minimum Gasteiger partial charge on any atom is -0.339 e. The average molecular weight is 455 g/mol. The second-order valence-corrected chi connectivity index (χ2v) is 8.43. The number of amides is 2. The van der Waals surface area contributed by atoms with Gasteiger partial charge in [-0.2, -0.15) is 0 Å². The highest BCUT2D eigenvalue weighted by atomic mass is 35.5. The zero-order valence-electron chi connectivity index (χ0n) is 15.9. The van der Waals surface area contributed by atoms with Crippen LogP contribution in [0.2, 0.25) is 10.0 Å². The predicted molar refractivity (Wildman–Crippen MR) is 123 cm³/mol. The number of rotatable bonds is 5. The average Bonchev–Trinajstić information content (AvgIpc) is 3.00. The standard InChI is InChI=1S/C23H16Cl2N2O2S/c1-26(15-8-4-2-5-9-15)20-21(30-17-10-6-3-7-11-17)23(29)27(22(20)28)16-12-13-18(24)19(25)14-16/h2-14H,1H3. The fourth-order valence-corrected chi connectivity index (χ4v) is 4.45. The zero-order chi connectivity index (χ0) is 21.3. The molecule has 30 heavy (non-hydrogen) atoms. The van der Waals surface area contributed by atoms with Gasteiger partial charge in [-0.1, -0.05) is 71.4 Å². The highest BCUT2D eigenvalue weighted by molar-refractivity contribution is 8.04. The summed E-state index contributed by atoms with van der Waals surface area (Å²) in [6, 6.07) is 23.6. The van der Waals surface area contributed by atoms with E-state index in [2.05, 4.69) is 0 Å². The maximum absolute atomic E-state index is 13.4. The Balaban J connectivity index is 1.80. The number of imide groups is 1. The molecule has 3 aromatic rings. The van der Waals surface area contributed by atoms with Crippen LogP contribution in [-0.2, 0) is 9.59 Å². The van der Waals surface area contributed by atoms with Gasteiger partial charge in [-0.3, -0.25) is 9.59 Å². The van der Waals surface area contributed by atoms with E-state index in [9.17, 15) is 9.59 Å². The fourth-order valence-electron chi connectivity index (χ4n) is 3.13. The Bertz CT molecular complexity index is 1150. The molecule has 0 spiro atoms. The molecule has 0 atom stereocenters. The summed E-state index contributed by atoms with van der Waals surface area (Å²) in [5.41, 5.74) is 1.49. The molecule has 7 heteroatoms. The van der Waals surface area contributed by atoms with Gasteiger partial charge in [-0.15, -0.1) is 0 Å². The van der Waals surface area contributed by atoms with Crippen LogP contribution in [0, 0.1) is 0 Å². The number of para-hydroxylation sites is 1. The molecule has 1 heterocycles. The number of anilines is 2. The number of likely N-dealkylation sites (N-methyl/N-ethyl adjacent to an activating group) is 1. The van der Waals surface area contributed by atoms with Crippen LogP contribution in [0.3, 0.4) is 0 Å². The maximum atomic E-state index is 13.4. The van der Waals surface area contributed by atoms with Crippen molar-refractivity contribution in [3.8, 4) is 0 Å². The first-order valence-electron chi connectivity index (χ1n) is 9.07. The molecule has 1 aliphatic rings. The van der Waals surface area contributed by atoms with Gasteiger partial charge in [0, 0.05) is 17.6 Å². The van der Waals surface area contributed by atoms with Crippen LogP contribution in [-0.4, -0.2) is 18.9 Å². The molecule has 0 aliphatic carbocycles. The van der Waals surface area contributed by atoms with E-state index in [0.717, 1.165) is 15.5 Å². The molecule has 0 saturated carbocycles. The van der Waals surface area contributed by atoms with Crippen LogP contribution < -0.4 is 9.80 Å². The first-order chi connectivity index (χ1) is 14.5. The molecular weight excluding hydrogens is 439 g/mol. The van der Waals surface area contributed by atoms with Crippen LogP contribution >= 0.6 is 35.0 Å². The lowest BCUT2D eigenvalue weighted by Crippen LogP contribution is -2.34. The van der Waals surface area contributed by atoms with E-state index >= 15 is 0 Å². The third-order valence-electron chi connectivity index (χ3n) is 4.62. The van der Waals surface area contributed by atoms with Crippen molar-refractivity contribution in [2.75, 3.05) is 16.8 Å². The van der Waals surface area contributed by atoms with Gasteiger partial charge in [0.25, 0.3) is 11.8 Å². The molecule has 0 N–H and O–H groups in total. The Morgan fingerprint density at radius 2 is 1.43 bits per heavy atom. The normalized spacial score (nSPS) is 13.9. The van der Waals surface area contributed by atoms with Gasteiger partial charge in [-0.05, 0) is 42.5 Å². The third kappa shape index (κ3) is 3.84. The van der Waals surface area contributed by atoms with Gasteiger partial charge < -0.3 is 4.90 Å². The summed E-state index contributed by atoms with van der Waals surface area (Å²) in [7, 11) is 1.78. The lowest BCUT2D eigenvalue weighted by atomic mass is 10.2. The number of benzene rings is 3. The Hall–Kier alpha value is -2.73. The van der Waals surface area contributed by atoms with Gasteiger partial charge in [0.05, 0.1) is 15.7 Å². The highest BCUT2D eigenvalue weighted by Gasteiger charge is 2.42. The molecule has 1 aliphatic heterocycles. The smallest absolute Gasteiger partial charge is 0.283 e. The van der Waals surface area contributed by atoms with Gasteiger partial charge >= 0.3 is 0 Å². The first kappa shape index (κ1) is 20.5. The molecule has 4 rings (SSSR count). The molecule has 0 radical (unpaired) electrons. The number of nitrogens with zero attached hydrogens (tertiary/aromatic N) is 2. The molecule has 0 aromatic heterocycles. The minimum absolute atomic E-state index is 0.275. The van der Waals surface area contributed by atoms with E-state index in [1.54, 1.807) is 24.1 Å². The quantitative estimate of drug-likeness (QED) is 0.442. The molecule has 150 valence electrons. The predicted octanol–water partition coefficient (Wildman–Crippen LogP) is 6.01. The lowest BCUT2D eigenvalue weighted by molar-refractivity contribution is -0.120. The Morgan fingerprint density at radius 1 is 0.800 bits per heavy atom. The van der Waals surface area contributed by atoms with Gasteiger partial charge in [0.15, 0.2) is 0 Å². The van der Waals surface area contributed by atoms with E-state index in [4.69, 9.17) is 23.2 Å². The fraction of sp³-hybridized carbons (Fsp3) is 0.0435. The van der Waals surface area contributed by atoms with Crippen molar-refractivity contribution in [3.63, 3.8) is 0 Å². The Morgan fingerprint density at radius 3 is 2.07 bits per heavy atom. The van der Waals surface area contributed by atoms with Crippen LogP contribution in [0.25, 0.3) is 0 Å². The highest BCUT2D eigenvalue weighted by Crippen LogP contribution is 2.40. The van der Waals surface area contributed by atoms with Crippen molar-refractivity contribution in [1.29, 1.82) is 0 Å². The van der Waals surface area contributed by atoms with Crippen molar-refractivity contribution >= 4 is 58.2 Å². The molecule has 0 fully saturated rings. The topological polar surface area (TPSA) is 40.6 Å². The summed E-state index contributed by atoms with van der Waals surface area (Å²) >= 11 is 13.4. The van der Waals surface area contributed by atoms with Crippen molar-refractivity contribution in [2.45, 2.75) is 4.90 Å². The number of hydrogen-bond donors (Lipinski definition) is 0. The summed E-state index contributed by atoms with van der Waals surface area (Å²) in [6.07, 6.45) is 0. The van der Waals surface area contributed by atoms with E-state index in [0.29, 0.717) is 21.3 Å². The van der Waals surface area contributed by atoms with Crippen LogP contribution in [0.5, 0.6) is 0 Å². The summed E-state index contributed by atoms with van der Waals surface area (Å²) in [6.45, 7) is 0. The Labute approximate surface area is 188 Å². The number of halogens is 2. The number of hydrogen-bond acceptors (Lipinski definition) is 4. The van der Waals surface area contributed by atoms with Crippen molar-refractivity contribution < 1.29 is 9.59 Å². The molecule has 0 saturated heterocycles. The lowest BCUT2D eigenvalue weighted by Gasteiger charge is -2.21. The summed E-state index contributed by atoms with van der Waals surface area (Å²) in [5, 5.41) is 0.630. The summed E-state index contributed by atoms with van der Waals surface area (Å²) in [5.74, 6) is -0.812. The van der Waals surface area contributed by atoms with Crippen LogP contribution in [0.4, 0.5) is 11.4 Å². The number of carbonyl (C=O) groups is 2. The van der Waals surface area contributed by atoms with Crippen molar-refractivity contribution in [3.05, 3.63) is 99.5 Å². The maximum Gasteiger partial charge on any atom is 0.283 e. The number of thioether (sulfide) groups is 1. The summed E-state index contributed by atoms with van der Waals surface area (Å²) in [4.78, 5) is 30.9. The van der Waals surface area contributed by atoms with Crippen LogP contribution in [0.15, 0.2) is 94.4 Å². The van der Waals surface area contributed by atoms with E-state index in [1.807, 2.05) is 60.7 Å². The van der Waals surface area contributed by atoms with E-state index in [1.165, 1.54) is 17.8 Å². The van der Waals surface area contributed by atoms with E-state index in [-0.39, 0.29) is 5.02 Å². The first-order valence-corrected chi connectivity index (χ1v) is 10.6. The third-order valence-corrected chi connectivity index (χ3v) is 6.44. The Kier molecular flexibility index (Phi) is 5.86. The number of carbonyl (C=O) groups excluding carboxylic acids is 2. The largest absolute Gasteiger partial charge is 0.339 e. The zero-order valence-corrected chi connectivity index (χ0v) is 18.2. The van der Waals surface area contributed by atoms with Gasteiger partial charge in [-0.25, -0.2) is 4.90 Å². The summed E-state index contributed by atoms with van der Waals surface area (Å²) < 4.78 is 0. The van der Waals surface area contributed by atoms with Crippen LogP contribution in [0.1, 0.15) is 0 Å². The molecule has 4 nitrogen and oxygen atoms in total. The monoisotopic (exact) mass is 454 g/mol. The minimum atomic E-state index is -0.414. The van der Waals surface area contributed by atoms with E-state index < -0.39 is 11.8 Å². The van der Waals surface area contributed by atoms with Gasteiger partial charge in [0.2, 0.25) is 0 Å². The molecule has 3 aromatic carbocycles. The molecular formula is C23H16Cl2N2O2S. The molecule has 0 bridgehead atoms. The second-order valence-electron chi connectivity index (χ2n) is 6.53. The van der Waals surface area contributed by atoms with Gasteiger partial charge in [0.1, 0.15) is 10.6 Å². The molecule has 0 unspecified atom stereocenters. The SMILES string of the molecule is CN(C1=C(Sc2ccccc2)C(=O)N(c2ccc(Cl)c(Cl)c2)C1=O)c1ccccc1. The van der Waals surface area contributed by atoms with Crippen molar-refractivity contribution in [2.24, 2.45) is 0 Å². The second kappa shape index (κ2) is 8.56. The molecule has 2 amide bonds.